The molecule has 1 heterocycles. The number of rotatable bonds is 7. The van der Waals surface area contributed by atoms with Gasteiger partial charge < -0.3 is 9.05 Å². The molecule has 0 bridgehead atoms. The fourth-order valence-corrected chi connectivity index (χ4v) is 4.55. The number of hydrogen-bond acceptors (Lipinski definition) is 5. The average molecular weight is 277 g/mol. The van der Waals surface area contributed by atoms with Crippen LogP contribution in [0.25, 0.3) is 0 Å². The highest BCUT2D eigenvalue weighted by molar-refractivity contribution is 7.53. The van der Waals surface area contributed by atoms with E-state index < -0.39 is 7.60 Å². The number of aryl methyl sites for hydroxylation is 2. The first-order chi connectivity index (χ1) is 8.04. The molecule has 0 spiro atoms. The van der Waals surface area contributed by atoms with Gasteiger partial charge in [-0.3, -0.25) is 4.57 Å². The lowest BCUT2D eigenvalue weighted by atomic mass is 10.3. The normalized spacial score (nSPS) is 12.0. The molecule has 4 nitrogen and oxygen atoms in total. The lowest BCUT2D eigenvalue weighted by Gasteiger charge is -2.15. The van der Waals surface area contributed by atoms with E-state index in [0.717, 1.165) is 17.1 Å². The molecule has 1 aromatic heterocycles. The molecule has 0 amide bonds. The fraction of sp³-hybridized carbons (Fsp3) is 0.727. The van der Waals surface area contributed by atoms with Gasteiger partial charge in [-0.2, -0.15) is 0 Å². The van der Waals surface area contributed by atoms with Gasteiger partial charge in [0.1, 0.15) is 11.2 Å². The van der Waals surface area contributed by atoms with Crippen LogP contribution in [0.5, 0.6) is 0 Å². The first kappa shape index (κ1) is 14.8. The number of aromatic nitrogens is 1. The van der Waals surface area contributed by atoms with Crippen LogP contribution in [0.1, 0.15) is 36.3 Å². The van der Waals surface area contributed by atoms with Gasteiger partial charge in [-0.05, 0) is 27.2 Å². The van der Waals surface area contributed by atoms with Gasteiger partial charge in [-0.1, -0.05) is 6.92 Å². The van der Waals surface area contributed by atoms with E-state index in [1.807, 2.05) is 20.8 Å². The van der Waals surface area contributed by atoms with Crippen molar-refractivity contribution >= 4 is 18.9 Å². The summed E-state index contributed by atoms with van der Waals surface area (Å²) in [6.45, 7) is 8.48. The van der Waals surface area contributed by atoms with E-state index in [2.05, 4.69) is 11.9 Å². The van der Waals surface area contributed by atoms with E-state index in [1.165, 1.54) is 4.88 Å². The van der Waals surface area contributed by atoms with Crippen LogP contribution >= 0.6 is 18.9 Å². The fourth-order valence-electron chi connectivity index (χ4n) is 1.57. The highest BCUT2D eigenvalue weighted by atomic mass is 32.1. The lowest BCUT2D eigenvalue weighted by molar-refractivity contribution is 0.219. The van der Waals surface area contributed by atoms with E-state index in [4.69, 9.17) is 9.05 Å². The summed E-state index contributed by atoms with van der Waals surface area (Å²) < 4.78 is 22.8. The number of hydrogen-bond donors (Lipinski definition) is 0. The Kier molecular flexibility index (Phi) is 5.80. The summed E-state index contributed by atoms with van der Waals surface area (Å²) in [7, 11) is -3.01. The van der Waals surface area contributed by atoms with Crippen molar-refractivity contribution in [3.63, 3.8) is 0 Å². The highest BCUT2D eigenvalue weighted by Crippen LogP contribution is 2.51. The SMILES string of the molecule is CCOP(=O)(Cc1nc(C)c(CC)s1)OCC. The van der Waals surface area contributed by atoms with Crippen LogP contribution < -0.4 is 0 Å². The molecular formula is C11H20NO3PS. The second-order valence-corrected chi connectivity index (χ2v) is 6.80. The zero-order valence-electron chi connectivity index (χ0n) is 10.9. The summed E-state index contributed by atoms with van der Waals surface area (Å²) in [5, 5.41) is 0.838. The monoisotopic (exact) mass is 277 g/mol. The second kappa shape index (κ2) is 6.64. The van der Waals surface area contributed by atoms with Crippen LogP contribution in [-0.2, 0) is 26.2 Å². The molecular weight excluding hydrogens is 257 g/mol. The molecule has 98 valence electrons. The van der Waals surface area contributed by atoms with Gasteiger partial charge in [0.25, 0.3) is 0 Å². The molecule has 17 heavy (non-hydrogen) atoms. The molecule has 0 aliphatic carbocycles. The van der Waals surface area contributed by atoms with Crippen LogP contribution in [0.4, 0.5) is 0 Å². The van der Waals surface area contributed by atoms with Gasteiger partial charge >= 0.3 is 7.60 Å². The largest absolute Gasteiger partial charge is 0.337 e. The van der Waals surface area contributed by atoms with E-state index in [0.29, 0.717) is 13.2 Å². The first-order valence-corrected chi connectivity index (χ1v) is 8.42. The third kappa shape index (κ3) is 4.18. The molecule has 0 aromatic carbocycles. The van der Waals surface area contributed by atoms with Gasteiger partial charge in [0.2, 0.25) is 0 Å². The Labute approximate surface area is 107 Å². The van der Waals surface area contributed by atoms with Crippen LogP contribution in [0.2, 0.25) is 0 Å². The van der Waals surface area contributed by atoms with E-state index in [-0.39, 0.29) is 6.16 Å². The molecule has 0 aliphatic rings. The number of thiazole rings is 1. The Balaban J connectivity index is 2.82. The molecule has 1 aromatic rings. The minimum atomic E-state index is -3.01. The minimum absolute atomic E-state index is 0.278. The Morgan fingerprint density at radius 1 is 1.24 bits per heavy atom. The highest BCUT2D eigenvalue weighted by Gasteiger charge is 2.26. The number of nitrogens with zero attached hydrogens (tertiary/aromatic N) is 1. The smallest absolute Gasteiger partial charge is 0.309 e. The molecule has 0 fully saturated rings. The van der Waals surface area contributed by atoms with E-state index in [1.54, 1.807) is 11.3 Å². The predicted octanol–water partition coefficient (Wildman–Crippen LogP) is 3.78. The third-order valence-electron chi connectivity index (χ3n) is 2.24. The van der Waals surface area contributed by atoms with Crippen LogP contribution in [0.3, 0.4) is 0 Å². The molecule has 0 saturated heterocycles. The van der Waals surface area contributed by atoms with Crippen LogP contribution in [-0.4, -0.2) is 18.2 Å². The molecule has 0 atom stereocenters. The van der Waals surface area contributed by atoms with Crippen molar-refractivity contribution in [1.29, 1.82) is 0 Å². The van der Waals surface area contributed by atoms with Crippen molar-refractivity contribution in [3.8, 4) is 0 Å². The standard InChI is InChI=1S/C11H20NO3PS/c1-5-10-9(4)12-11(17-10)8-16(13,14-6-2)15-7-3/h5-8H2,1-4H3. The Morgan fingerprint density at radius 3 is 2.24 bits per heavy atom. The average Bonchev–Trinajstić information content (AvgIpc) is 2.58. The Hall–Kier alpha value is -0.220. The molecule has 0 saturated carbocycles. The summed E-state index contributed by atoms with van der Waals surface area (Å²) in [6, 6.07) is 0. The van der Waals surface area contributed by atoms with Crippen molar-refractivity contribution in [2.75, 3.05) is 13.2 Å². The van der Waals surface area contributed by atoms with Gasteiger partial charge in [0, 0.05) is 4.88 Å². The summed E-state index contributed by atoms with van der Waals surface area (Å²) in [5.74, 6) is 0. The molecule has 6 heteroatoms. The molecule has 0 aliphatic heterocycles. The Morgan fingerprint density at radius 2 is 1.82 bits per heavy atom. The second-order valence-electron chi connectivity index (χ2n) is 3.57. The molecule has 0 unspecified atom stereocenters. The maximum atomic E-state index is 12.3. The van der Waals surface area contributed by atoms with Crippen LogP contribution in [0, 0.1) is 6.92 Å². The molecule has 0 radical (unpaired) electrons. The van der Waals surface area contributed by atoms with Crippen molar-refractivity contribution in [2.24, 2.45) is 0 Å². The van der Waals surface area contributed by atoms with E-state index >= 15 is 0 Å². The summed E-state index contributed by atoms with van der Waals surface area (Å²) in [5.41, 5.74) is 1.02. The van der Waals surface area contributed by atoms with Crippen molar-refractivity contribution < 1.29 is 13.6 Å². The lowest BCUT2D eigenvalue weighted by Crippen LogP contribution is -1.98. The quantitative estimate of drug-likeness (QED) is 0.712. The van der Waals surface area contributed by atoms with Crippen molar-refractivity contribution in [3.05, 3.63) is 15.6 Å². The molecule has 0 N–H and O–H groups in total. The third-order valence-corrected chi connectivity index (χ3v) is 5.74. The first-order valence-electron chi connectivity index (χ1n) is 5.88. The Bertz CT molecular complexity index is 395. The van der Waals surface area contributed by atoms with E-state index in [9.17, 15) is 4.57 Å². The maximum Gasteiger partial charge on any atom is 0.337 e. The summed E-state index contributed by atoms with van der Waals surface area (Å²) in [6.07, 6.45) is 1.23. The predicted molar refractivity (Wildman–Crippen MR) is 70.8 cm³/mol. The zero-order chi connectivity index (χ0) is 12.9. The zero-order valence-corrected chi connectivity index (χ0v) is 12.6. The van der Waals surface area contributed by atoms with Gasteiger partial charge in [-0.25, -0.2) is 4.98 Å². The van der Waals surface area contributed by atoms with Crippen molar-refractivity contribution in [1.82, 2.24) is 4.98 Å². The van der Waals surface area contributed by atoms with Gasteiger partial charge in [0.05, 0.1) is 18.9 Å². The minimum Gasteiger partial charge on any atom is -0.309 e. The van der Waals surface area contributed by atoms with Crippen LogP contribution in [0.15, 0.2) is 0 Å². The van der Waals surface area contributed by atoms with Gasteiger partial charge in [-0.15, -0.1) is 11.3 Å². The van der Waals surface area contributed by atoms with Crippen molar-refractivity contribution in [2.45, 2.75) is 40.3 Å². The topological polar surface area (TPSA) is 48.4 Å². The summed E-state index contributed by atoms with van der Waals surface area (Å²) >= 11 is 1.59. The summed E-state index contributed by atoms with van der Waals surface area (Å²) in [4.78, 5) is 5.65. The molecule has 1 rings (SSSR count). The van der Waals surface area contributed by atoms with Gasteiger partial charge in [0.15, 0.2) is 0 Å². The maximum absolute atomic E-state index is 12.3.